The van der Waals surface area contributed by atoms with Gasteiger partial charge in [-0.05, 0) is 40.3 Å². The lowest BCUT2D eigenvalue weighted by Gasteiger charge is -2.29. The fourth-order valence-electron chi connectivity index (χ4n) is 1.44. The molecule has 0 aromatic heterocycles. The van der Waals surface area contributed by atoms with Gasteiger partial charge in [0, 0.05) is 8.99 Å². The first kappa shape index (κ1) is 12.5. The van der Waals surface area contributed by atoms with Crippen LogP contribution in [-0.4, -0.2) is 11.1 Å². The molecule has 0 saturated carbocycles. The summed E-state index contributed by atoms with van der Waals surface area (Å²) in [7, 11) is 0. The zero-order chi connectivity index (χ0) is 11.6. The van der Waals surface area contributed by atoms with Gasteiger partial charge in [0.05, 0.1) is 5.92 Å². The summed E-state index contributed by atoms with van der Waals surface area (Å²) in [5, 5.41) is 9.03. The van der Waals surface area contributed by atoms with Crippen LogP contribution in [0.5, 0.6) is 0 Å². The van der Waals surface area contributed by atoms with Crippen molar-refractivity contribution in [2.75, 3.05) is 0 Å². The molecule has 0 aliphatic carbocycles. The molecular weight excluding hydrogens is 303 g/mol. The Balaban J connectivity index is 3.05. The van der Waals surface area contributed by atoms with Gasteiger partial charge in [-0.1, -0.05) is 32.9 Å². The summed E-state index contributed by atoms with van der Waals surface area (Å²) in [6, 6.07) is 8.01. The van der Waals surface area contributed by atoms with Gasteiger partial charge in [-0.25, -0.2) is 0 Å². The van der Waals surface area contributed by atoms with Crippen molar-refractivity contribution < 1.29 is 9.90 Å². The predicted octanol–water partition coefficient (Wildman–Crippen LogP) is 3.29. The quantitative estimate of drug-likeness (QED) is 0.869. The van der Waals surface area contributed by atoms with E-state index in [1.165, 1.54) is 0 Å². The Morgan fingerprint density at radius 1 is 1.33 bits per heavy atom. The van der Waals surface area contributed by atoms with Crippen LogP contribution >= 0.6 is 22.6 Å². The summed E-state index contributed by atoms with van der Waals surface area (Å²) in [6.45, 7) is 5.68. The smallest absolute Gasteiger partial charge is 0.307 e. The first-order chi connectivity index (χ1) is 6.85. The minimum atomic E-state index is -0.751. The number of halogens is 1. The molecule has 1 atom stereocenters. The molecule has 0 heterocycles. The summed E-state index contributed by atoms with van der Waals surface area (Å²) in [5.41, 5.74) is 0.730. The van der Waals surface area contributed by atoms with Crippen molar-refractivity contribution in [2.45, 2.75) is 26.2 Å². The molecule has 82 valence electrons. The van der Waals surface area contributed by atoms with E-state index >= 15 is 0 Å². The van der Waals surface area contributed by atoms with Crippen LogP contribution in [0.4, 0.5) is 0 Å². The lowest BCUT2D eigenvalue weighted by Crippen LogP contribution is -2.32. The highest BCUT2D eigenvalue weighted by Gasteiger charge is 2.32. The number of hydrogen-bond acceptors (Lipinski definition) is 1. The summed E-state index contributed by atoms with van der Waals surface area (Å²) >= 11 is 2.24. The number of carbonyl (C=O) groups is 1. The molecule has 0 aliphatic rings. The van der Waals surface area contributed by atoms with Gasteiger partial charge >= 0.3 is 5.97 Å². The molecule has 2 nitrogen and oxygen atoms in total. The van der Waals surface area contributed by atoms with Crippen molar-refractivity contribution in [3.8, 4) is 0 Å². The van der Waals surface area contributed by atoms with Crippen molar-refractivity contribution in [3.05, 3.63) is 33.4 Å². The maximum Gasteiger partial charge on any atom is 0.307 e. The predicted molar refractivity (Wildman–Crippen MR) is 69.0 cm³/mol. The zero-order valence-electron chi connectivity index (χ0n) is 9.12. The van der Waals surface area contributed by atoms with Crippen molar-refractivity contribution in [2.24, 2.45) is 5.92 Å². The van der Waals surface area contributed by atoms with Crippen molar-refractivity contribution >= 4 is 28.6 Å². The molecule has 0 bridgehead atoms. The van der Waals surface area contributed by atoms with E-state index in [4.69, 9.17) is 5.11 Å². The minimum Gasteiger partial charge on any atom is -0.481 e. The van der Waals surface area contributed by atoms with E-state index in [1.54, 1.807) is 6.92 Å². The summed E-state index contributed by atoms with van der Waals surface area (Å²) in [4.78, 5) is 11.0. The fraction of sp³-hybridized carbons (Fsp3) is 0.417. The van der Waals surface area contributed by atoms with Gasteiger partial charge in [0.1, 0.15) is 0 Å². The van der Waals surface area contributed by atoms with Crippen LogP contribution in [0.3, 0.4) is 0 Å². The van der Waals surface area contributed by atoms with Crippen molar-refractivity contribution in [1.82, 2.24) is 0 Å². The van der Waals surface area contributed by atoms with E-state index in [1.807, 2.05) is 38.1 Å². The average molecular weight is 318 g/mol. The van der Waals surface area contributed by atoms with Gasteiger partial charge in [-0.15, -0.1) is 0 Å². The normalized spacial score (nSPS) is 13.6. The molecule has 0 amide bonds. The molecule has 0 radical (unpaired) electrons. The van der Waals surface area contributed by atoms with Crippen LogP contribution in [0.25, 0.3) is 0 Å². The number of aliphatic carboxylic acids is 1. The maximum atomic E-state index is 11.0. The van der Waals surface area contributed by atoms with Gasteiger partial charge in [-0.3, -0.25) is 4.79 Å². The minimum absolute atomic E-state index is 0.337. The van der Waals surface area contributed by atoms with Gasteiger partial charge < -0.3 is 5.11 Å². The van der Waals surface area contributed by atoms with Gasteiger partial charge in [0.2, 0.25) is 0 Å². The molecule has 3 heteroatoms. The third-order valence-corrected chi connectivity index (χ3v) is 3.76. The SMILES string of the molecule is CC(C(=O)O)C(C)(C)c1ccc(I)cc1. The van der Waals surface area contributed by atoms with Crippen molar-refractivity contribution in [3.63, 3.8) is 0 Å². The van der Waals surface area contributed by atoms with Crippen LogP contribution < -0.4 is 0 Å². The topological polar surface area (TPSA) is 37.3 Å². The number of carboxylic acids is 1. The van der Waals surface area contributed by atoms with Gasteiger partial charge in [0.15, 0.2) is 0 Å². The Labute approximate surface area is 104 Å². The lowest BCUT2D eigenvalue weighted by molar-refractivity contribution is -0.143. The molecule has 1 unspecified atom stereocenters. The molecule has 1 rings (SSSR count). The fourth-order valence-corrected chi connectivity index (χ4v) is 1.80. The first-order valence-corrected chi connectivity index (χ1v) is 5.92. The van der Waals surface area contributed by atoms with Crippen LogP contribution in [0, 0.1) is 9.49 Å². The number of benzene rings is 1. The Bertz CT molecular complexity index is 354. The van der Waals surface area contributed by atoms with E-state index in [0.717, 1.165) is 9.13 Å². The molecule has 1 aromatic rings. The second-order valence-electron chi connectivity index (χ2n) is 4.29. The van der Waals surface area contributed by atoms with Crippen molar-refractivity contribution in [1.29, 1.82) is 0 Å². The van der Waals surface area contributed by atoms with E-state index in [9.17, 15) is 4.79 Å². The lowest BCUT2D eigenvalue weighted by atomic mass is 9.74. The van der Waals surface area contributed by atoms with E-state index < -0.39 is 11.9 Å². The second kappa shape index (κ2) is 4.51. The molecular formula is C12H15IO2. The Kier molecular flexibility index (Phi) is 3.76. The van der Waals surface area contributed by atoms with E-state index in [2.05, 4.69) is 22.6 Å². The monoisotopic (exact) mass is 318 g/mol. The van der Waals surface area contributed by atoms with E-state index in [-0.39, 0.29) is 5.41 Å². The van der Waals surface area contributed by atoms with Crippen LogP contribution in [0.15, 0.2) is 24.3 Å². The number of carboxylic acid groups (broad SMARTS) is 1. The highest BCUT2D eigenvalue weighted by atomic mass is 127. The highest BCUT2D eigenvalue weighted by Crippen LogP contribution is 2.31. The summed E-state index contributed by atoms with van der Waals surface area (Å²) in [6.07, 6.45) is 0. The van der Waals surface area contributed by atoms with Gasteiger partial charge in [-0.2, -0.15) is 0 Å². The highest BCUT2D eigenvalue weighted by molar-refractivity contribution is 14.1. The largest absolute Gasteiger partial charge is 0.481 e. The molecule has 0 saturated heterocycles. The third-order valence-electron chi connectivity index (χ3n) is 3.04. The Hall–Kier alpha value is -0.580. The number of rotatable bonds is 3. The molecule has 0 spiro atoms. The van der Waals surface area contributed by atoms with Gasteiger partial charge in [0.25, 0.3) is 0 Å². The Morgan fingerprint density at radius 3 is 2.20 bits per heavy atom. The first-order valence-electron chi connectivity index (χ1n) is 4.84. The molecule has 1 aromatic carbocycles. The Morgan fingerprint density at radius 2 is 1.80 bits per heavy atom. The molecule has 0 aliphatic heterocycles. The zero-order valence-corrected chi connectivity index (χ0v) is 11.3. The maximum absolute atomic E-state index is 11.0. The third kappa shape index (κ3) is 2.71. The molecule has 15 heavy (non-hydrogen) atoms. The molecule has 1 N–H and O–H groups in total. The summed E-state index contributed by atoms with van der Waals surface area (Å²) < 4.78 is 1.16. The standard InChI is InChI=1S/C12H15IO2/c1-8(11(14)15)12(2,3)9-4-6-10(13)7-5-9/h4-8H,1-3H3,(H,14,15). The van der Waals surface area contributed by atoms with E-state index in [0.29, 0.717) is 0 Å². The summed E-state index contributed by atoms with van der Waals surface area (Å²) in [5.74, 6) is -1.14. The van der Waals surface area contributed by atoms with Crippen LogP contribution in [0.2, 0.25) is 0 Å². The number of hydrogen-bond donors (Lipinski definition) is 1. The average Bonchev–Trinajstić information content (AvgIpc) is 2.17. The van der Waals surface area contributed by atoms with Crippen LogP contribution in [0.1, 0.15) is 26.3 Å². The van der Waals surface area contributed by atoms with Crippen LogP contribution in [-0.2, 0) is 10.2 Å². The molecule has 0 fully saturated rings. The second-order valence-corrected chi connectivity index (χ2v) is 5.53.